The predicted octanol–water partition coefficient (Wildman–Crippen LogP) is 2.58. The quantitative estimate of drug-likeness (QED) is 0.0622. The number of urea groups is 1. The molecule has 71 heavy (non-hydrogen) atoms. The Morgan fingerprint density at radius 2 is 1.80 bits per heavy atom. The number of ether oxygens (including phenoxy) is 2. The molecule has 2 unspecified atom stereocenters. The molecule has 19 heteroatoms. The molecule has 4 amide bonds. The number of cyclic esters (lactones) is 1. The number of thiazole rings is 1. The van der Waals surface area contributed by atoms with E-state index in [1.165, 1.54) is 11.3 Å². The van der Waals surface area contributed by atoms with Gasteiger partial charge in [0, 0.05) is 33.3 Å². The number of aryl methyl sites for hydroxylation is 1. The minimum atomic E-state index is -0.871. The molecule has 17 nitrogen and oxygen atoms in total. The van der Waals surface area contributed by atoms with Gasteiger partial charge in [0.2, 0.25) is 0 Å². The van der Waals surface area contributed by atoms with E-state index in [1.807, 2.05) is 44.2 Å². The van der Waals surface area contributed by atoms with E-state index < -0.39 is 44.9 Å². The number of likely N-dealkylation sites (tertiary alicyclic amines) is 1. The summed E-state index contributed by atoms with van der Waals surface area (Å²) in [5.41, 5.74) is 10.9. The number of benzene rings is 1. The van der Waals surface area contributed by atoms with Crippen molar-refractivity contribution in [1.29, 1.82) is 0 Å². The van der Waals surface area contributed by atoms with Crippen LogP contribution in [-0.2, 0) is 43.2 Å². The van der Waals surface area contributed by atoms with Crippen LogP contribution in [0.1, 0.15) is 76.8 Å². The van der Waals surface area contributed by atoms with Gasteiger partial charge < -0.3 is 14.5 Å². The zero-order valence-corrected chi connectivity index (χ0v) is 46.4. The molecule has 0 radical (unpaired) electrons. The van der Waals surface area contributed by atoms with Crippen LogP contribution in [0.3, 0.4) is 0 Å². The molecule has 0 spiro atoms. The molecule has 4 saturated heterocycles. The number of fused-ring (bicyclic) bond motifs is 6. The van der Waals surface area contributed by atoms with E-state index in [0.29, 0.717) is 57.9 Å². The van der Waals surface area contributed by atoms with Crippen molar-refractivity contribution in [2.75, 3.05) is 92.6 Å². The molecule has 8 heterocycles. The number of aromatic nitrogens is 3. The fourth-order valence-corrected chi connectivity index (χ4v) is 14.3. The van der Waals surface area contributed by atoms with Crippen LogP contribution in [0.4, 0.5) is 10.5 Å². The number of amides is 4. The van der Waals surface area contributed by atoms with E-state index in [2.05, 4.69) is 82.2 Å². The Labute approximate surface area is 433 Å². The van der Waals surface area contributed by atoms with Gasteiger partial charge in [-0.1, -0.05) is 0 Å². The van der Waals surface area contributed by atoms with Gasteiger partial charge in [0.15, 0.2) is 0 Å². The Morgan fingerprint density at radius 3 is 2.49 bits per heavy atom. The number of piperazine rings is 1. The van der Waals surface area contributed by atoms with Crippen LogP contribution in [-0.4, -0.2) is 176 Å². The van der Waals surface area contributed by atoms with E-state index in [4.69, 9.17) is 19.4 Å². The third-order valence-corrected chi connectivity index (χ3v) is 19.2. The van der Waals surface area contributed by atoms with Gasteiger partial charge in [0.1, 0.15) is 0 Å². The van der Waals surface area contributed by atoms with Crippen molar-refractivity contribution in [1.82, 2.24) is 47.7 Å². The number of carbonyl (C=O) groups is 4. The topological polar surface area (TPSA) is 152 Å². The van der Waals surface area contributed by atoms with Gasteiger partial charge in [0.05, 0.1) is 23.7 Å². The molecular formula is C52H73IN11O6S-. The number of hydrazine groups is 1. The number of pyridine rings is 1. The number of methoxy groups -OCH3 is 1. The minimum absolute atomic E-state index is 0.116. The SMILES string of the molecule is CCn1c(-c2cc(N3CCN(C)CC3)cnc2[C@H](C)OC)c2c3cc(ccc31)-c1csc(n1)CC(C1[I-]N1C(=O)[C@H](C(C)C)N(C)C(=O)N1CC(N(C)C)C1)C(=O)N1CCC[C@H](N1)C(=O)OCC(C)(C)C2. The Hall–Kier alpha value is -4.41. The summed E-state index contributed by atoms with van der Waals surface area (Å²) in [4.78, 5) is 78.0. The van der Waals surface area contributed by atoms with Crippen molar-refractivity contribution in [3.8, 4) is 22.5 Å². The maximum atomic E-state index is 14.9. The standard InChI is InChI=1S/C52H73IN11O6S/c1-12-62-42-16-15-33-22-36(42)39(46(62)37-23-34(26-54-44(37)32(4)69-11)60-20-18-58(9)19-21-60)25-52(5,6)30-70-50(67)40-14-13-17-63(56-40)48(65)38(24-43-55-41(33)29-71-43)47-53-64(47)49(66)45(31(2)3)59(10)51(68)61-27-35(28-61)57(7)8/h15-16,22-23,26,29,31-32,35,38,40,45,47,56H,12-14,17-21,24-25,27-28,30H2,1-11H3/q-1/t32-,38?,40-,45-,47?,64?/m0/s1. The van der Waals surface area contributed by atoms with Crippen molar-refractivity contribution in [2.24, 2.45) is 17.3 Å². The number of esters is 1. The van der Waals surface area contributed by atoms with Gasteiger partial charge in [-0.05, 0) is 27.0 Å². The molecule has 5 aliphatic heterocycles. The fourth-order valence-electron chi connectivity index (χ4n) is 10.7. The molecule has 4 aromatic rings. The van der Waals surface area contributed by atoms with Gasteiger partial charge in [-0.25, -0.2) is 0 Å². The third kappa shape index (κ3) is 10.4. The summed E-state index contributed by atoms with van der Waals surface area (Å²) >= 11 is 0.658. The molecule has 0 aliphatic carbocycles. The van der Waals surface area contributed by atoms with Gasteiger partial charge >= 0.3 is 333 Å². The van der Waals surface area contributed by atoms with Crippen molar-refractivity contribution in [3.63, 3.8) is 0 Å². The summed E-state index contributed by atoms with van der Waals surface area (Å²) in [5.74, 6) is -1.40. The molecule has 5 aliphatic rings. The number of anilines is 1. The first-order valence-electron chi connectivity index (χ1n) is 25.3. The molecule has 386 valence electrons. The molecule has 1 aromatic carbocycles. The average Bonchev–Trinajstić information content (AvgIpc) is 3.89. The Balaban J connectivity index is 1.09. The Bertz CT molecular complexity index is 2640. The first kappa shape index (κ1) is 51.5. The number of rotatable bonds is 10. The van der Waals surface area contributed by atoms with Gasteiger partial charge in [-0.3, -0.25) is 4.98 Å². The summed E-state index contributed by atoms with van der Waals surface area (Å²) in [5, 5.41) is 5.57. The number of hydrogen-bond donors (Lipinski definition) is 1. The molecule has 5 atom stereocenters. The number of halogens is 1. The molecule has 1 N–H and O–H groups in total. The normalized spacial score (nSPS) is 23.3. The summed E-state index contributed by atoms with van der Waals surface area (Å²) < 4.78 is 16.2. The van der Waals surface area contributed by atoms with E-state index in [0.717, 1.165) is 81.5 Å². The Kier molecular flexibility index (Phi) is 15.1. The second kappa shape index (κ2) is 20.8. The van der Waals surface area contributed by atoms with Crippen LogP contribution < -0.4 is 31.8 Å². The van der Waals surface area contributed by atoms with Gasteiger partial charge in [-0.15, -0.1) is 0 Å². The number of likely N-dealkylation sites (N-methyl/N-ethyl adjacent to an activating group) is 3. The monoisotopic (exact) mass is 1110 g/mol. The summed E-state index contributed by atoms with van der Waals surface area (Å²) in [6.07, 6.45) is 3.81. The molecule has 0 saturated carbocycles. The van der Waals surface area contributed by atoms with E-state index >= 15 is 0 Å². The second-order valence-corrected chi connectivity index (χ2v) is 25.3. The van der Waals surface area contributed by atoms with Crippen molar-refractivity contribution >= 4 is 51.7 Å². The number of alkyl halides is 1. The predicted molar refractivity (Wildman–Crippen MR) is 272 cm³/mol. The van der Waals surface area contributed by atoms with E-state index in [1.54, 1.807) is 29.0 Å². The second-order valence-electron chi connectivity index (χ2n) is 21.5. The van der Waals surface area contributed by atoms with Crippen molar-refractivity contribution in [2.45, 2.75) is 102 Å². The fraction of sp³-hybridized carbons (Fsp3) is 0.615. The Morgan fingerprint density at radius 1 is 1.06 bits per heavy atom. The van der Waals surface area contributed by atoms with Crippen LogP contribution >= 0.6 is 11.3 Å². The zero-order chi connectivity index (χ0) is 50.6. The van der Waals surface area contributed by atoms with Gasteiger partial charge in [0.25, 0.3) is 0 Å². The van der Waals surface area contributed by atoms with Crippen LogP contribution in [0.5, 0.6) is 0 Å². The van der Waals surface area contributed by atoms with E-state index in [-0.39, 0.29) is 46.5 Å². The summed E-state index contributed by atoms with van der Waals surface area (Å²) in [6.45, 7) is 18.8. The summed E-state index contributed by atoms with van der Waals surface area (Å²) in [6, 6.07) is 7.66. The number of carbonyl (C=O) groups excluding carboxylic acids is 4. The first-order valence-corrected chi connectivity index (χ1v) is 28.4. The maximum absolute atomic E-state index is 14.9. The van der Waals surface area contributed by atoms with Crippen molar-refractivity contribution in [3.05, 3.63) is 52.1 Å². The molecular weight excluding hydrogens is 1030 g/mol. The van der Waals surface area contributed by atoms with Crippen LogP contribution in [0.25, 0.3) is 33.4 Å². The third-order valence-electron chi connectivity index (χ3n) is 15.2. The van der Waals surface area contributed by atoms with Crippen molar-refractivity contribution < 1.29 is 50.1 Å². The van der Waals surface area contributed by atoms with Crippen LogP contribution in [0.2, 0.25) is 0 Å². The average molecular weight is 1110 g/mol. The van der Waals surface area contributed by atoms with Crippen LogP contribution in [0.15, 0.2) is 35.8 Å². The first-order chi connectivity index (χ1) is 33.9. The van der Waals surface area contributed by atoms with Crippen LogP contribution in [0, 0.1) is 17.3 Å². The molecule has 4 fully saturated rings. The molecule has 3 aromatic heterocycles. The van der Waals surface area contributed by atoms with E-state index in [9.17, 15) is 19.2 Å². The zero-order valence-electron chi connectivity index (χ0n) is 43.4. The number of hydrogen-bond acceptors (Lipinski definition) is 13. The molecule has 6 bridgehead atoms. The van der Waals surface area contributed by atoms with Gasteiger partial charge in [-0.2, -0.15) is 0 Å². The number of nitrogens with one attached hydrogen (secondary N) is 1. The molecule has 9 rings (SSSR count). The number of nitrogens with zero attached hydrogens (tertiary/aromatic N) is 10. The summed E-state index contributed by atoms with van der Waals surface area (Å²) in [7, 11) is 9.64.